The predicted octanol–water partition coefficient (Wildman–Crippen LogP) is 3.24. The molecule has 0 saturated carbocycles. The monoisotopic (exact) mass is 234 g/mol. The van der Waals surface area contributed by atoms with E-state index in [4.69, 9.17) is 17.0 Å². The molecular weight excluding hydrogens is 220 g/mol. The molecule has 0 radical (unpaired) electrons. The smallest absolute Gasteiger partial charge is 0.181 e. The molecule has 0 saturated heterocycles. The van der Waals surface area contributed by atoms with E-state index >= 15 is 0 Å². The number of aromatic nitrogens is 2. The summed E-state index contributed by atoms with van der Waals surface area (Å²) in [6.45, 7) is 4.62. The minimum Gasteiger partial charge on any atom is -0.494 e. The number of rotatable bonds is 3. The molecule has 16 heavy (non-hydrogen) atoms. The second-order valence-electron chi connectivity index (χ2n) is 3.54. The molecule has 0 aliphatic carbocycles. The van der Waals surface area contributed by atoms with E-state index in [1.54, 1.807) is 0 Å². The van der Waals surface area contributed by atoms with Gasteiger partial charge in [0.2, 0.25) is 0 Å². The van der Waals surface area contributed by atoms with Crippen LogP contribution in [0.5, 0.6) is 5.75 Å². The molecule has 3 nitrogen and oxygen atoms in total. The van der Waals surface area contributed by atoms with Gasteiger partial charge in [-0.15, -0.1) is 0 Å². The lowest BCUT2D eigenvalue weighted by Crippen LogP contribution is -1.95. The van der Waals surface area contributed by atoms with Crippen LogP contribution in [0.1, 0.15) is 12.6 Å². The molecule has 0 unspecified atom stereocenters. The standard InChI is InChI=1S/C12H14N2OS/c1-3-15-11-6-4-5-10(7-11)14-8-9(2)13-12(14)16/h4-8H,3H2,1-2H3,(H,13,16). The first-order valence-electron chi connectivity index (χ1n) is 5.22. The van der Waals surface area contributed by atoms with Gasteiger partial charge in [-0.05, 0) is 38.2 Å². The van der Waals surface area contributed by atoms with Gasteiger partial charge in [-0.25, -0.2) is 0 Å². The predicted molar refractivity (Wildman–Crippen MR) is 66.9 cm³/mol. The molecule has 4 heteroatoms. The first-order chi connectivity index (χ1) is 7.70. The molecule has 1 heterocycles. The highest BCUT2D eigenvalue weighted by atomic mass is 32.1. The second kappa shape index (κ2) is 4.53. The van der Waals surface area contributed by atoms with Gasteiger partial charge in [-0.2, -0.15) is 0 Å². The van der Waals surface area contributed by atoms with Gasteiger partial charge < -0.3 is 9.72 Å². The van der Waals surface area contributed by atoms with Crippen LogP contribution in [0.4, 0.5) is 0 Å². The molecule has 1 aromatic carbocycles. The molecule has 0 bridgehead atoms. The number of H-pyrrole nitrogens is 1. The van der Waals surface area contributed by atoms with Crippen LogP contribution in [-0.4, -0.2) is 16.2 Å². The molecule has 0 spiro atoms. The molecule has 2 rings (SSSR count). The Hall–Kier alpha value is -1.55. The number of imidazole rings is 1. The Kier molecular flexibility index (Phi) is 3.10. The fourth-order valence-corrected chi connectivity index (χ4v) is 1.91. The van der Waals surface area contributed by atoms with Gasteiger partial charge in [-0.1, -0.05) is 6.07 Å². The van der Waals surface area contributed by atoms with Crippen molar-refractivity contribution >= 4 is 12.2 Å². The van der Waals surface area contributed by atoms with Crippen molar-refractivity contribution in [1.29, 1.82) is 0 Å². The van der Waals surface area contributed by atoms with Crippen molar-refractivity contribution in [2.24, 2.45) is 0 Å². The average molecular weight is 234 g/mol. The first-order valence-corrected chi connectivity index (χ1v) is 5.63. The lowest BCUT2D eigenvalue weighted by atomic mass is 10.3. The van der Waals surface area contributed by atoms with Gasteiger partial charge in [0.05, 0.1) is 12.3 Å². The fraction of sp³-hybridized carbons (Fsp3) is 0.250. The number of benzene rings is 1. The summed E-state index contributed by atoms with van der Waals surface area (Å²) in [7, 11) is 0. The second-order valence-corrected chi connectivity index (χ2v) is 3.93. The highest BCUT2D eigenvalue weighted by Gasteiger charge is 2.01. The molecule has 1 aromatic heterocycles. The fourth-order valence-electron chi connectivity index (χ4n) is 1.60. The van der Waals surface area contributed by atoms with Crippen molar-refractivity contribution in [2.45, 2.75) is 13.8 Å². The van der Waals surface area contributed by atoms with E-state index in [-0.39, 0.29) is 0 Å². The van der Waals surface area contributed by atoms with Crippen molar-refractivity contribution in [2.75, 3.05) is 6.61 Å². The minimum absolute atomic E-state index is 0.668. The number of nitrogens with zero attached hydrogens (tertiary/aromatic N) is 1. The van der Waals surface area contributed by atoms with Gasteiger partial charge in [-0.3, -0.25) is 4.57 Å². The average Bonchev–Trinajstić information content (AvgIpc) is 2.59. The SMILES string of the molecule is CCOc1cccc(-n2cc(C)[nH]c2=S)c1. The summed E-state index contributed by atoms with van der Waals surface area (Å²) in [5.41, 5.74) is 2.06. The van der Waals surface area contributed by atoms with Crippen LogP contribution in [0.15, 0.2) is 30.5 Å². The van der Waals surface area contributed by atoms with Crippen LogP contribution < -0.4 is 4.74 Å². The normalized spacial score (nSPS) is 10.4. The first kappa shape index (κ1) is 11.0. The van der Waals surface area contributed by atoms with Gasteiger partial charge in [0.15, 0.2) is 4.77 Å². The van der Waals surface area contributed by atoms with E-state index < -0.39 is 0 Å². The molecule has 84 valence electrons. The van der Waals surface area contributed by atoms with E-state index in [0.29, 0.717) is 11.4 Å². The molecule has 1 N–H and O–H groups in total. The van der Waals surface area contributed by atoms with Crippen molar-refractivity contribution in [3.05, 3.63) is 40.9 Å². The minimum atomic E-state index is 0.668. The van der Waals surface area contributed by atoms with Crippen molar-refractivity contribution < 1.29 is 4.74 Å². The highest BCUT2D eigenvalue weighted by molar-refractivity contribution is 7.71. The van der Waals surface area contributed by atoms with E-state index in [9.17, 15) is 0 Å². The summed E-state index contributed by atoms with van der Waals surface area (Å²) in [6.07, 6.45) is 1.98. The number of hydrogen-bond donors (Lipinski definition) is 1. The summed E-state index contributed by atoms with van der Waals surface area (Å²) in [4.78, 5) is 3.09. The molecule has 0 amide bonds. The summed E-state index contributed by atoms with van der Waals surface area (Å²) in [5, 5.41) is 0. The number of aromatic amines is 1. The number of ether oxygens (including phenoxy) is 1. The number of hydrogen-bond acceptors (Lipinski definition) is 2. The molecule has 2 aromatic rings. The van der Waals surface area contributed by atoms with Crippen molar-refractivity contribution in [3.8, 4) is 11.4 Å². The van der Waals surface area contributed by atoms with E-state index in [1.165, 1.54) is 0 Å². The molecular formula is C12H14N2OS. The van der Waals surface area contributed by atoms with Crippen LogP contribution in [0.3, 0.4) is 0 Å². The summed E-state index contributed by atoms with van der Waals surface area (Å²) in [6, 6.07) is 7.89. The zero-order valence-corrected chi connectivity index (χ0v) is 10.2. The largest absolute Gasteiger partial charge is 0.494 e. The van der Waals surface area contributed by atoms with Crippen molar-refractivity contribution in [3.63, 3.8) is 0 Å². The lowest BCUT2D eigenvalue weighted by molar-refractivity contribution is 0.340. The summed E-state index contributed by atoms with van der Waals surface area (Å²) in [5.74, 6) is 0.862. The lowest BCUT2D eigenvalue weighted by Gasteiger charge is -2.06. The Labute approximate surface area is 99.7 Å². The van der Waals surface area contributed by atoms with Crippen LogP contribution >= 0.6 is 12.2 Å². The topological polar surface area (TPSA) is 29.9 Å². The third-order valence-corrected chi connectivity index (χ3v) is 2.55. The molecule has 0 atom stereocenters. The quantitative estimate of drug-likeness (QED) is 0.826. The number of aryl methyl sites for hydroxylation is 1. The Morgan fingerprint density at radius 2 is 2.25 bits per heavy atom. The maximum Gasteiger partial charge on any atom is 0.181 e. The van der Waals surface area contributed by atoms with Crippen molar-refractivity contribution in [1.82, 2.24) is 9.55 Å². The zero-order valence-electron chi connectivity index (χ0n) is 9.36. The third kappa shape index (κ3) is 2.17. The van der Waals surface area contributed by atoms with Gasteiger partial charge in [0.25, 0.3) is 0 Å². The third-order valence-electron chi connectivity index (χ3n) is 2.25. The maximum absolute atomic E-state index is 5.46. The maximum atomic E-state index is 5.46. The van der Waals surface area contributed by atoms with Crippen LogP contribution in [0, 0.1) is 11.7 Å². The van der Waals surface area contributed by atoms with Crippen LogP contribution in [0.2, 0.25) is 0 Å². The highest BCUT2D eigenvalue weighted by Crippen LogP contribution is 2.17. The van der Waals surface area contributed by atoms with E-state index in [1.807, 2.05) is 48.9 Å². The van der Waals surface area contributed by atoms with Crippen LogP contribution in [-0.2, 0) is 0 Å². The Morgan fingerprint density at radius 3 is 2.88 bits per heavy atom. The van der Waals surface area contributed by atoms with E-state index in [2.05, 4.69) is 4.98 Å². The van der Waals surface area contributed by atoms with Gasteiger partial charge in [0.1, 0.15) is 5.75 Å². The zero-order chi connectivity index (χ0) is 11.5. The van der Waals surface area contributed by atoms with Gasteiger partial charge >= 0.3 is 0 Å². The van der Waals surface area contributed by atoms with Crippen LogP contribution in [0.25, 0.3) is 5.69 Å². The van der Waals surface area contributed by atoms with Gasteiger partial charge in [0, 0.05) is 18.0 Å². The molecule has 0 fully saturated rings. The summed E-state index contributed by atoms with van der Waals surface area (Å²) < 4.78 is 8.09. The van der Waals surface area contributed by atoms with E-state index in [0.717, 1.165) is 17.1 Å². The molecule has 0 aliphatic rings. The Morgan fingerprint density at radius 1 is 1.44 bits per heavy atom. The summed E-state index contributed by atoms with van der Waals surface area (Å²) >= 11 is 5.23. The molecule has 0 aliphatic heterocycles. The Balaban J connectivity index is 2.44. The Bertz CT molecular complexity index is 542. The number of nitrogens with one attached hydrogen (secondary N) is 1.